The normalized spacial score (nSPS) is 12.3. The Morgan fingerprint density at radius 2 is 1.93 bits per heavy atom. The molecule has 1 heterocycles. The summed E-state index contributed by atoms with van der Waals surface area (Å²) in [5, 5.41) is 9.82. The Hall–Kier alpha value is -3.22. The molecule has 0 saturated heterocycles. The number of amides is 1. The number of aromatic hydroxyl groups is 1. The van der Waals surface area contributed by atoms with E-state index in [1.54, 1.807) is 6.92 Å². The predicted octanol–water partition coefficient (Wildman–Crippen LogP) is 3.99. The van der Waals surface area contributed by atoms with E-state index in [4.69, 9.17) is 5.73 Å². The van der Waals surface area contributed by atoms with Crippen molar-refractivity contribution in [2.45, 2.75) is 32.6 Å². The Kier molecular flexibility index (Phi) is 5.18. The van der Waals surface area contributed by atoms with Crippen LogP contribution in [-0.4, -0.2) is 21.5 Å². The molecular weight excluding hydrogens is 366 g/mol. The number of aromatic nitrogens is 1. The van der Waals surface area contributed by atoms with Gasteiger partial charge in [-0.15, -0.1) is 0 Å². The average Bonchev–Trinajstić information content (AvgIpc) is 2.94. The van der Waals surface area contributed by atoms with E-state index in [1.165, 1.54) is 28.8 Å². The molecule has 2 aromatic carbocycles. The van der Waals surface area contributed by atoms with Crippen LogP contribution in [-0.2, 0) is 4.79 Å². The van der Waals surface area contributed by atoms with Crippen molar-refractivity contribution >= 4 is 22.7 Å². The molecule has 1 atom stereocenters. The van der Waals surface area contributed by atoms with Crippen molar-refractivity contribution in [3.05, 3.63) is 64.9 Å². The van der Waals surface area contributed by atoms with Gasteiger partial charge in [-0.1, -0.05) is 19.4 Å². The number of hydrogen-bond donors (Lipinski definition) is 2. The monoisotopic (exact) mass is 386 g/mol. The molecule has 0 bridgehead atoms. The standard InChI is InChI=1S/C21H20F2N2O3/c1-3-5-14(20(24)27)17-11(2)25(15-8-9-16(26)19(23)18(15)17)21(28)12-6-4-7-13(22)10-12/h4,6-10,14,26H,3,5H2,1-2H3,(H2,24,27). The Balaban J connectivity index is 2.36. The van der Waals surface area contributed by atoms with E-state index < -0.39 is 35.1 Å². The van der Waals surface area contributed by atoms with Gasteiger partial charge in [0, 0.05) is 16.6 Å². The molecule has 0 aliphatic carbocycles. The number of primary amides is 1. The first-order valence-corrected chi connectivity index (χ1v) is 8.89. The highest BCUT2D eigenvalue weighted by Crippen LogP contribution is 2.38. The second-order valence-corrected chi connectivity index (χ2v) is 6.69. The molecule has 3 aromatic rings. The number of rotatable bonds is 5. The van der Waals surface area contributed by atoms with Crippen molar-refractivity contribution in [2.24, 2.45) is 5.73 Å². The molecule has 0 fully saturated rings. The van der Waals surface area contributed by atoms with Crippen molar-refractivity contribution in [1.29, 1.82) is 0 Å². The number of nitrogens with two attached hydrogens (primary N) is 1. The maximum Gasteiger partial charge on any atom is 0.262 e. The van der Waals surface area contributed by atoms with Crippen molar-refractivity contribution in [2.75, 3.05) is 0 Å². The number of carbonyl (C=O) groups excluding carboxylic acids is 2. The summed E-state index contributed by atoms with van der Waals surface area (Å²) in [6, 6.07) is 7.68. The second-order valence-electron chi connectivity index (χ2n) is 6.69. The summed E-state index contributed by atoms with van der Waals surface area (Å²) in [6.07, 6.45) is 0.969. The summed E-state index contributed by atoms with van der Waals surface area (Å²) >= 11 is 0. The summed E-state index contributed by atoms with van der Waals surface area (Å²) in [6.45, 7) is 3.44. The lowest BCUT2D eigenvalue weighted by Crippen LogP contribution is -2.22. The zero-order valence-electron chi connectivity index (χ0n) is 15.5. The molecule has 1 aromatic heterocycles. The zero-order chi connectivity index (χ0) is 20.6. The number of nitrogens with zero attached hydrogens (tertiary/aromatic N) is 1. The third kappa shape index (κ3) is 3.13. The summed E-state index contributed by atoms with van der Waals surface area (Å²) in [5.74, 6) is -4.15. The van der Waals surface area contributed by atoms with Gasteiger partial charge < -0.3 is 10.8 Å². The van der Waals surface area contributed by atoms with Gasteiger partial charge in [-0.2, -0.15) is 0 Å². The number of fused-ring (bicyclic) bond motifs is 1. The molecule has 0 aliphatic heterocycles. The fourth-order valence-electron chi connectivity index (χ4n) is 3.64. The van der Waals surface area contributed by atoms with Crippen molar-refractivity contribution in [1.82, 2.24) is 4.57 Å². The molecule has 1 unspecified atom stereocenters. The van der Waals surface area contributed by atoms with E-state index in [1.807, 2.05) is 6.92 Å². The third-order valence-corrected chi connectivity index (χ3v) is 4.88. The van der Waals surface area contributed by atoms with Gasteiger partial charge in [0.05, 0.1) is 11.4 Å². The predicted molar refractivity (Wildman–Crippen MR) is 101 cm³/mol. The number of phenolic OH excluding ortho intramolecular Hbond substituents is 1. The van der Waals surface area contributed by atoms with Crippen LogP contribution in [0.2, 0.25) is 0 Å². The Morgan fingerprint density at radius 1 is 1.21 bits per heavy atom. The topological polar surface area (TPSA) is 85.3 Å². The van der Waals surface area contributed by atoms with Crippen LogP contribution in [0.1, 0.15) is 47.3 Å². The molecule has 0 saturated carbocycles. The zero-order valence-corrected chi connectivity index (χ0v) is 15.5. The molecule has 0 radical (unpaired) electrons. The minimum absolute atomic E-state index is 0.0282. The van der Waals surface area contributed by atoms with Crippen LogP contribution < -0.4 is 5.73 Å². The van der Waals surface area contributed by atoms with Gasteiger partial charge in [-0.3, -0.25) is 14.2 Å². The maximum absolute atomic E-state index is 14.9. The van der Waals surface area contributed by atoms with Crippen molar-refractivity contribution in [3.63, 3.8) is 0 Å². The first-order valence-electron chi connectivity index (χ1n) is 8.89. The van der Waals surface area contributed by atoms with E-state index >= 15 is 0 Å². The Labute approximate surface area is 160 Å². The Bertz CT molecular complexity index is 1090. The van der Waals surface area contributed by atoms with Gasteiger partial charge >= 0.3 is 0 Å². The maximum atomic E-state index is 14.9. The number of benzene rings is 2. The largest absolute Gasteiger partial charge is 0.505 e. The van der Waals surface area contributed by atoms with E-state index in [2.05, 4.69) is 0 Å². The van der Waals surface area contributed by atoms with Gasteiger partial charge in [0.1, 0.15) is 5.82 Å². The fourth-order valence-corrected chi connectivity index (χ4v) is 3.64. The molecule has 5 nitrogen and oxygen atoms in total. The lowest BCUT2D eigenvalue weighted by Gasteiger charge is -2.14. The summed E-state index contributed by atoms with van der Waals surface area (Å²) in [5.41, 5.74) is 6.40. The molecule has 3 N–H and O–H groups in total. The fraction of sp³-hybridized carbons (Fsp3) is 0.238. The first-order chi connectivity index (χ1) is 13.3. The van der Waals surface area contributed by atoms with Crippen LogP contribution in [0.4, 0.5) is 8.78 Å². The minimum Gasteiger partial charge on any atom is -0.505 e. The van der Waals surface area contributed by atoms with Gasteiger partial charge in [0.15, 0.2) is 11.6 Å². The molecule has 3 rings (SSSR count). The first kappa shape index (κ1) is 19.5. The number of phenols is 1. The van der Waals surface area contributed by atoms with E-state index in [0.717, 1.165) is 12.1 Å². The third-order valence-electron chi connectivity index (χ3n) is 4.88. The van der Waals surface area contributed by atoms with Gasteiger partial charge in [-0.05, 0) is 49.2 Å². The summed E-state index contributed by atoms with van der Waals surface area (Å²) < 4.78 is 29.7. The molecule has 0 spiro atoms. The molecule has 146 valence electrons. The SMILES string of the molecule is CCCC(C(N)=O)c1c(C)n(C(=O)c2cccc(F)c2)c2ccc(O)c(F)c12. The number of halogens is 2. The highest BCUT2D eigenvalue weighted by atomic mass is 19.1. The van der Waals surface area contributed by atoms with Crippen LogP contribution in [0.15, 0.2) is 36.4 Å². The Morgan fingerprint density at radius 3 is 2.54 bits per heavy atom. The molecule has 0 aliphatic rings. The quantitative estimate of drug-likeness (QED) is 0.695. The van der Waals surface area contributed by atoms with Crippen LogP contribution in [0.25, 0.3) is 10.9 Å². The van der Waals surface area contributed by atoms with Crippen molar-refractivity contribution in [3.8, 4) is 5.75 Å². The van der Waals surface area contributed by atoms with E-state index in [0.29, 0.717) is 18.5 Å². The smallest absolute Gasteiger partial charge is 0.262 e. The lowest BCUT2D eigenvalue weighted by molar-refractivity contribution is -0.119. The average molecular weight is 386 g/mol. The molecule has 7 heteroatoms. The summed E-state index contributed by atoms with van der Waals surface area (Å²) in [4.78, 5) is 25.2. The van der Waals surface area contributed by atoms with Crippen LogP contribution in [0.3, 0.4) is 0 Å². The van der Waals surface area contributed by atoms with E-state index in [-0.39, 0.29) is 22.0 Å². The van der Waals surface area contributed by atoms with Crippen LogP contribution >= 0.6 is 0 Å². The lowest BCUT2D eigenvalue weighted by atomic mass is 9.91. The van der Waals surface area contributed by atoms with Gasteiger partial charge in [0.2, 0.25) is 5.91 Å². The molecular formula is C21H20F2N2O3. The molecule has 1 amide bonds. The van der Waals surface area contributed by atoms with Crippen LogP contribution in [0.5, 0.6) is 5.75 Å². The number of hydrogen-bond acceptors (Lipinski definition) is 3. The van der Waals surface area contributed by atoms with E-state index in [9.17, 15) is 23.5 Å². The highest BCUT2D eigenvalue weighted by molar-refractivity contribution is 6.05. The second kappa shape index (κ2) is 7.42. The highest BCUT2D eigenvalue weighted by Gasteiger charge is 2.30. The molecule has 28 heavy (non-hydrogen) atoms. The van der Waals surface area contributed by atoms with Gasteiger partial charge in [-0.25, -0.2) is 8.78 Å². The minimum atomic E-state index is -0.927. The summed E-state index contributed by atoms with van der Waals surface area (Å²) in [7, 11) is 0. The van der Waals surface area contributed by atoms with Gasteiger partial charge in [0.25, 0.3) is 5.91 Å². The number of carbonyl (C=O) groups is 2. The van der Waals surface area contributed by atoms with Crippen molar-refractivity contribution < 1.29 is 23.5 Å². The van der Waals surface area contributed by atoms with Crippen LogP contribution in [0, 0.1) is 18.6 Å².